The lowest BCUT2D eigenvalue weighted by atomic mass is 9.70. The standard InChI is InChI=1S/C15H26O/c1-2-4-12-7-9-13(10-8-12)14-5-3-6-15(16)11-14/h12-14H,2-11H2,1H3/t12-,13-,14?. The molecule has 0 radical (unpaired) electrons. The average Bonchev–Trinajstić information content (AvgIpc) is 2.30. The van der Waals surface area contributed by atoms with Gasteiger partial charge < -0.3 is 0 Å². The van der Waals surface area contributed by atoms with Gasteiger partial charge in [-0.15, -0.1) is 0 Å². The molecule has 2 rings (SSSR count). The Balaban J connectivity index is 1.77. The summed E-state index contributed by atoms with van der Waals surface area (Å²) in [6.07, 6.45) is 12.7. The van der Waals surface area contributed by atoms with Crippen LogP contribution in [0.2, 0.25) is 0 Å². The summed E-state index contributed by atoms with van der Waals surface area (Å²) in [7, 11) is 0. The lowest BCUT2D eigenvalue weighted by molar-refractivity contribution is -0.122. The third-order valence-electron chi connectivity index (χ3n) is 4.78. The summed E-state index contributed by atoms with van der Waals surface area (Å²) in [4.78, 5) is 11.5. The van der Waals surface area contributed by atoms with Crippen molar-refractivity contribution in [2.75, 3.05) is 0 Å². The summed E-state index contributed by atoms with van der Waals surface area (Å²) in [6.45, 7) is 2.30. The normalized spacial score (nSPS) is 36.3. The largest absolute Gasteiger partial charge is 0.300 e. The molecule has 16 heavy (non-hydrogen) atoms. The highest BCUT2D eigenvalue weighted by Crippen LogP contribution is 2.40. The molecule has 2 aliphatic carbocycles. The van der Waals surface area contributed by atoms with Crippen molar-refractivity contribution < 1.29 is 4.79 Å². The van der Waals surface area contributed by atoms with Gasteiger partial charge in [-0.3, -0.25) is 4.79 Å². The van der Waals surface area contributed by atoms with Gasteiger partial charge in [0.1, 0.15) is 5.78 Å². The van der Waals surface area contributed by atoms with Crippen LogP contribution in [0.1, 0.15) is 71.1 Å². The summed E-state index contributed by atoms with van der Waals surface area (Å²) in [5, 5.41) is 0. The van der Waals surface area contributed by atoms with E-state index in [2.05, 4.69) is 6.92 Å². The summed E-state index contributed by atoms with van der Waals surface area (Å²) in [6, 6.07) is 0. The third kappa shape index (κ3) is 3.09. The van der Waals surface area contributed by atoms with E-state index in [0.29, 0.717) is 5.78 Å². The molecule has 0 aromatic heterocycles. The van der Waals surface area contributed by atoms with Gasteiger partial charge in [-0.05, 0) is 43.4 Å². The molecule has 2 saturated carbocycles. The third-order valence-corrected chi connectivity index (χ3v) is 4.78. The highest BCUT2D eigenvalue weighted by molar-refractivity contribution is 5.79. The van der Waals surface area contributed by atoms with Crippen molar-refractivity contribution in [3.8, 4) is 0 Å². The second kappa shape index (κ2) is 5.84. The number of hydrogen-bond donors (Lipinski definition) is 0. The Morgan fingerprint density at radius 3 is 2.44 bits per heavy atom. The van der Waals surface area contributed by atoms with E-state index in [0.717, 1.165) is 30.6 Å². The predicted molar refractivity (Wildman–Crippen MR) is 67.3 cm³/mol. The van der Waals surface area contributed by atoms with Crippen molar-refractivity contribution >= 4 is 5.78 Å². The van der Waals surface area contributed by atoms with Gasteiger partial charge in [-0.2, -0.15) is 0 Å². The Hall–Kier alpha value is -0.330. The molecule has 0 N–H and O–H groups in total. The van der Waals surface area contributed by atoms with Crippen LogP contribution >= 0.6 is 0 Å². The first-order chi connectivity index (χ1) is 7.79. The van der Waals surface area contributed by atoms with Crippen LogP contribution in [0.3, 0.4) is 0 Å². The fraction of sp³-hybridized carbons (Fsp3) is 0.933. The van der Waals surface area contributed by atoms with Crippen LogP contribution < -0.4 is 0 Å². The van der Waals surface area contributed by atoms with Crippen LogP contribution in [-0.2, 0) is 4.79 Å². The van der Waals surface area contributed by atoms with Gasteiger partial charge in [0.05, 0.1) is 0 Å². The molecule has 0 amide bonds. The van der Waals surface area contributed by atoms with Gasteiger partial charge in [0.2, 0.25) is 0 Å². The lowest BCUT2D eigenvalue weighted by Gasteiger charge is -2.35. The Labute approximate surface area is 100.0 Å². The van der Waals surface area contributed by atoms with Crippen LogP contribution in [0.4, 0.5) is 0 Å². The lowest BCUT2D eigenvalue weighted by Crippen LogP contribution is -2.26. The van der Waals surface area contributed by atoms with Gasteiger partial charge in [0.15, 0.2) is 0 Å². The van der Waals surface area contributed by atoms with Crippen molar-refractivity contribution in [1.82, 2.24) is 0 Å². The number of hydrogen-bond acceptors (Lipinski definition) is 1. The maximum absolute atomic E-state index is 11.5. The zero-order valence-corrected chi connectivity index (χ0v) is 10.7. The second-order valence-electron chi connectivity index (χ2n) is 5.96. The van der Waals surface area contributed by atoms with Crippen LogP contribution in [-0.4, -0.2) is 5.78 Å². The number of carbonyl (C=O) groups excluding carboxylic acids is 1. The van der Waals surface area contributed by atoms with Crippen molar-refractivity contribution in [2.45, 2.75) is 71.1 Å². The van der Waals surface area contributed by atoms with Gasteiger partial charge in [-0.1, -0.05) is 32.6 Å². The Bertz CT molecular complexity index is 226. The molecule has 2 fully saturated rings. The van der Waals surface area contributed by atoms with E-state index < -0.39 is 0 Å². The van der Waals surface area contributed by atoms with Crippen LogP contribution in [0.5, 0.6) is 0 Å². The fourth-order valence-corrected chi connectivity index (χ4v) is 3.82. The average molecular weight is 222 g/mol. The first-order valence-electron chi connectivity index (χ1n) is 7.31. The minimum Gasteiger partial charge on any atom is -0.300 e. The van der Waals surface area contributed by atoms with Gasteiger partial charge in [0, 0.05) is 12.8 Å². The molecule has 1 heteroatoms. The Morgan fingerprint density at radius 2 is 1.81 bits per heavy atom. The van der Waals surface area contributed by atoms with Crippen LogP contribution in [0.15, 0.2) is 0 Å². The number of Topliss-reactive ketones (excluding diaryl/α,β-unsaturated/α-hetero) is 1. The number of ketones is 1. The van der Waals surface area contributed by atoms with Crippen molar-refractivity contribution in [2.24, 2.45) is 17.8 Å². The molecule has 2 aliphatic rings. The molecule has 0 spiro atoms. The molecule has 0 aromatic carbocycles. The monoisotopic (exact) mass is 222 g/mol. The second-order valence-corrected chi connectivity index (χ2v) is 5.96. The maximum atomic E-state index is 11.5. The molecule has 1 unspecified atom stereocenters. The topological polar surface area (TPSA) is 17.1 Å². The van der Waals surface area contributed by atoms with Crippen molar-refractivity contribution in [3.05, 3.63) is 0 Å². The Kier molecular flexibility index (Phi) is 4.43. The van der Waals surface area contributed by atoms with Crippen molar-refractivity contribution in [3.63, 3.8) is 0 Å². The molecule has 1 atom stereocenters. The Morgan fingerprint density at radius 1 is 1.06 bits per heavy atom. The van der Waals surface area contributed by atoms with E-state index >= 15 is 0 Å². The first-order valence-corrected chi connectivity index (χ1v) is 7.31. The molecule has 1 nitrogen and oxygen atoms in total. The summed E-state index contributed by atoms with van der Waals surface area (Å²) in [5.41, 5.74) is 0. The van der Waals surface area contributed by atoms with E-state index in [1.54, 1.807) is 0 Å². The maximum Gasteiger partial charge on any atom is 0.133 e. The van der Waals surface area contributed by atoms with Gasteiger partial charge in [0.25, 0.3) is 0 Å². The van der Waals surface area contributed by atoms with Crippen molar-refractivity contribution in [1.29, 1.82) is 0 Å². The fourth-order valence-electron chi connectivity index (χ4n) is 3.82. The molecule has 0 aromatic rings. The predicted octanol–water partition coefficient (Wildman–Crippen LogP) is 4.35. The minimum absolute atomic E-state index is 0.534. The van der Waals surface area contributed by atoms with E-state index in [1.165, 1.54) is 51.4 Å². The zero-order valence-electron chi connectivity index (χ0n) is 10.7. The smallest absolute Gasteiger partial charge is 0.133 e. The molecular weight excluding hydrogens is 196 g/mol. The van der Waals surface area contributed by atoms with Crippen LogP contribution in [0.25, 0.3) is 0 Å². The van der Waals surface area contributed by atoms with Gasteiger partial charge >= 0.3 is 0 Å². The highest BCUT2D eigenvalue weighted by Gasteiger charge is 2.30. The van der Waals surface area contributed by atoms with Gasteiger partial charge in [-0.25, -0.2) is 0 Å². The quantitative estimate of drug-likeness (QED) is 0.693. The summed E-state index contributed by atoms with van der Waals surface area (Å²) in [5.74, 6) is 3.17. The van der Waals surface area contributed by atoms with E-state index in [-0.39, 0.29) is 0 Å². The van der Waals surface area contributed by atoms with E-state index in [9.17, 15) is 4.79 Å². The minimum atomic E-state index is 0.534. The van der Waals surface area contributed by atoms with E-state index in [4.69, 9.17) is 0 Å². The number of rotatable bonds is 3. The van der Waals surface area contributed by atoms with E-state index in [1.807, 2.05) is 0 Å². The molecule has 92 valence electrons. The van der Waals surface area contributed by atoms with Crippen LogP contribution in [0, 0.1) is 17.8 Å². The zero-order chi connectivity index (χ0) is 11.4. The summed E-state index contributed by atoms with van der Waals surface area (Å²) < 4.78 is 0. The highest BCUT2D eigenvalue weighted by atomic mass is 16.1. The first kappa shape index (κ1) is 12.1. The molecular formula is C15H26O. The summed E-state index contributed by atoms with van der Waals surface area (Å²) >= 11 is 0. The molecule has 0 aliphatic heterocycles. The number of carbonyl (C=O) groups is 1. The SMILES string of the molecule is CCC[C@H]1CC[C@H](C2CCCC(=O)C2)CC1. The molecule has 0 saturated heterocycles. The molecule has 0 heterocycles. The molecule has 0 bridgehead atoms.